The fourth-order valence-electron chi connectivity index (χ4n) is 13.9. The highest BCUT2D eigenvalue weighted by Gasteiger charge is 2.38. The van der Waals surface area contributed by atoms with Crippen molar-refractivity contribution in [2.24, 2.45) is 0 Å². The van der Waals surface area contributed by atoms with E-state index in [1.54, 1.807) is 0 Å². The number of benzene rings is 12. The average Bonchev–Trinajstić information content (AvgIpc) is 3.78. The van der Waals surface area contributed by atoms with Crippen molar-refractivity contribution < 1.29 is 0 Å². The predicted molar refractivity (Wildman–Crippen MR) is 318 cm³/mol. The summed E-state index contributed by atoms with van der Waals surface area (Å²) in [6.45, 7) is 18.8. The minimum atomic E-state index is -0.203. The molecule has 0 bridgehead atoms. The molecule has 0 amide bonds. The first-order chi connectivity index (χ1) is 35.9. The molecule has 0 aliphatic heterocycles. The third kappa shape index (κ3) is 6.27. The summed E-state index contributed by atoms with van der Waals surface area (Å²) >= 11 is 0. The minimum absolute atomic E-state index is 0.203. The molecule has 12 aromatic rings. The van der Waals surface area contributed by atoms with Gasteiger partial charge in [-0.1, -0.05) is 210 Å². The van der Waals surface area contributed by atoms with E-state index >= 15 is 0 Å². The molecular weight excluding hydrogens is 889 g/mol. The Morgan fingerprint density at radius 3 is 0.797 bits per heavy atom. The maximum atomic E-state index is 2.52. The van der Waals surface area contributed by atoms with Gasteiger partial charge in [0.25, 0.3) is 0 Å². The monoisotopic (exact) mass is 946 g/mol. The lowest BCUT2D eigenvalue weighted by molar-refractivity contribution is 0.660. The van der Waals surface area contributed by atoms with Crippen molar-refractivity contribution in [3.63, 3.8) is 0 Å². The Morgan fingerprint density at radius 1 is 0.230 bits per heavy atom. The summed E-state index contributed by atoms with van der Waals surface area (Å²) in [5, 5.41) is 10.6. The van der Waals surface area contributed by atoms with Crippen molar-refractivity contribution in [3.05, 3.63) is 251 Å². The van der Waals surface area contributed by atoms with Crippen LogP contribution in [0, 0.1) is 27.7 Å². The van der Waals surface area contributed by atoms with Crippen LogP contribution in [0.3, 0.4) is 0 Å². The molecule has 0 radical (unpaired) electrons. The normalized spacial score (nSPS) is 13.9. The van der Waals surface area contributed by atoms with Gasteiger partial charge < -0.3 is 0 Å². The Kier molecular flexibility index (Phi) is 9.65. The molecule has 354 valence electrons. The maximum Gasteiger partial charge on any atom is 0.0159 e. The molecule has 0 saturated heterocycles. The van der Waals surface area contributed by atoms with Crippen LogP contribution in [0.15, 0.2) is 206 Å². The molecule has 2 aliphatic rings. The van der Waals surface area contributed by atoms with Gasteiger partial charge in [0.15, 0.2) is 0 Å². The molecular formula is C74H58. The Labute approximate surface area is 435 Å². The van der Waals surface area contributed by atoms with Crippen LogP contribution >= 0.6 is 0 Å². The van der Waals surface area contributed by atoms with E-state index < -0.39 is 0 Å². The molecule has 0 fully saturated rings. The van der Waals surface area contributed by atoms with Gasteiger partial charge in [-0.3, -0.25) is 0 Å². The molecule has 0 N–H and O–H groups in total. The van der Waals surface area contributed by atoms with E-state index in [0.29, 0.717) is 0 Å². The van der Waals surface area contributed by atoms with Gasteiger partial charge in [0.05, 0.1) is 0 Å². The van der Waals surface area contributed by atoms with Gasteiger partial charge in [-0.25, -0.2) is 0 Å². The molecule has 2 aliphatic carbocycles. The zero-order valence-electron chi connectivity index (χ0n) is 43.6. The molecule has 0 aromatic heterocycles. The molecule has 0 heteroatoms. The zero-order valence-corrected chi connectivity index (χ0v) is 43.6. The van der Waals surface area contributed by atoms with E-state index in [1.807, 2.05) is 0 Å². The van der Waals surface area contributed by atoms with E-state index in [1.165, 1.54) is 165 Å². The topological polar surface area (TPSA) is 0 Å². The van der Waals surface area contributed by atoms with Crippen LogP contribution in [-0.4, -0.2) is 0 Å². The standard InChI is InChI=1S/C74H58/c1-43-19-15-27-57-65(43)71(47-23-11-9-12-24-47)66-44(2)20-16-28-58(66)69(57)51-33-37-55-53-35-31-49(39-61(53)73(5,6)63(55)41-51)50-32-36-54-56-38-34-52(42-64(56)74(7,8)62(54)40-50)70-59-29-17-21-45(3)67(59)72(48-25-13-10-14-26-48)68-46(4)22-18-30-60(68)70/h9-42H,1-8H3. The number of fused-ring (bicyclic) bond motifs is 10. The molecule has 0 nitrogen and oxygen atoms in total. The summed E-state index contributed by atoms with van der Waals surface area (Å²) in [5.41, 5.74) is 28.6. The van der Waals surface area contributed by atoms with Gasteiger partial charge in [-0.05, 0) is 217 Å². The van der Waals surface area contributed by atoms with E-state index in [9.17, 15) is 0 Å². The fourth-order valence-corrected chi connectivity index (χ4v) is 13.9. The fraction of sp³-hybridized carbons (Fsp3) is 0.135. The predicted octanol–water partition coefficient (Wildman–Crippen LogP) is 20.5. The van der Waals surface area contributed by atoms with Crippen LogP contribution in [-0.2, 0) is 10.8 Å². The summed E-state index contributed by atoms with van der Waals surface area (Å²) in [5.74, 6) is 0. The molecule has 0 heterocycles. The van der Waals surface area contributed by atoms with Crippen LogP contribution < -0.4 is 0 Å². The van der Waals surface area contributed by atoms with E-state index in [0.717, 1.165) is 0 Å². The first kappa shape index (κ1) is 44.4. The summed E-state index contributed by atoms with van der Waals surface area (Å²) in [6.07, 6.45) is 0. The lowest BCUT2D eigenvalue weighted by Crippen LogP contribution is -2.15. The summed E-state index contributed by atoms with van der Waals surface area (Å²) < 4.78 is 0. The molecule has 0 unspecified atom stereocenters. The number of hydrogen-bond acceptors (Lipinski definition) is 0. The van der Waals surface area contributed by atoms with Gasteiger partial charge in [-0.2, -0.15) is 0 Å². The highest BCUT2D eigenvalue weighted by molar-refractivity contribution is 6.24. The van der Waals surface area contributed by atoms with Crippen molar-refractivity contribution >= 4 is 43.1 Å². The van der Waals surface area contributed by atoms with Crippen LogP contribution in [0.5, 0.6) is 0 Å². The smallest absolute Gasteiger partial charge is 0.0159 e. The molecule has 14 rings (SSSR count). The van der Waals surface area contributed by atoms with Crippen molar-refractivity contribution in [2.75, 3.05) is 0 Å². The molecule has 74 heavy (non-hydrogen) atoms. The van der Waals surface area contributed by atoms with Crippen molar-refractivity contribution in [1.29, 1.82) is 0 Å². The van der Waals surface area contributed by atoms with Gasteiger partial charge in [0, 0.05) is 10.8 Å². The van der Waals surface area contributed by atoms with Gasteiger partial charge >= 0.3 is 0 Å². The second-order valence-electron chi connectivity index (χ2n) is 22.5. The largest absolute Gasteiger partial charge is 0.0622 e. The van der Waals surface area contributed by atoms with Crippen molar-refractivity contribution in [3.8, 4) is 77.9 Å². The van der Waals surface area contributed by atoms with Gasteiger partial charge in [0.2, 0.25) is 0 Å². The lowest BCUT2D eigenvalue weighted by Gasteiger charge is -2.25. The van der Waals surface area contributed by atoms with E-state index in [4.69, 9.17) is 0 Å². The second kappa shape index (κ2) is 16.1. The number of aryl methyl sites for hydroxylation is 4. The Morgan fingerprint density at radius 2 is 0.500 bits per heavy atom. The third-order valence-electron chi connectivity index (χ3n) is 17.6. The first-order valence-corrected chi connectivity index (χ1v) is 26.5. The zero-order chi connectivity index (χ0) is 50.4. The molecule has 0 spiro atoms. The highest BCUT2D eigenvalue weighted by Crippen LogP contribution is 2.55. The maximum absolute atomic E-state index is 2.52. The van der Waals surface area contributed by atoms with Gasteiger partial charge in [0.1, 0.15) is 0 Å². The van der Waals surface area contributed by atoms with Crippen LogP contribution in [0.4, 0.5) is 0 Å². The van der Waals surface area contributed by atoms with E-state index in [2.05, 4.69) is 262 Å². The van der Waals surface area contributed by atoms with Crippen LogP contribution in [0.25, 0.3) is 121 Å². The third-order valence-corrected chi connectivity index (χ3v) is 17.6. The SMILES string of the molecule is Cc1cccc2c(-c3ccc4c(c3)C(C)(C)c3cc(-c5ccc6c(c5)C(C)(C)c5cc(-c7c8cccc(C)c8c(-c8ccccc8)c8c(C)cccc78)ccc5-6)ccc3-4)c3cccc(C)c3c(-c3ccccc3)c12. The Bertz CT molecular complexity index is 3960. The lowest BCUT2D eigenvalue weighted by atomic mass is 9.78. The summed E-state index contributed by atoms with van der Waals surface area (Å²) in [6, 6.07) is 78.5. The second-order valence-corrected chi connectivity index (χ2v) is 22.5. The summed E-state index contributed by atoms with van der Waals surface area (Å²) in [4.78, 5) is 0. The number of hydrogen-bond donors (Lipinski definition) is 0. The molecule has 0 saturated carbocycles. The number of rotatable bonds is 5. The van der Waals surface area contributed by atoms with E-state index in [-0.39, 0.29) is 10.8 Å². The molecule has 12 aromatic carbocycles. The quantitative estimate of drug-likeness (QED) is 0.151. The van der Waals surface area contributed by atoms with Crippen LogP contribution in [0.1, 0.15) is 72.2 Å². The summed E-state index contributed by atoms with van der Waals surface area (Å²) in [7, 11) is 0. The Hall–Kier alpha value is -8.32. The highest BCUT2D eigenvalue weighted by atomic mass is 14.4. The van der Waals surface area contributed by atoms with Crippen molar-refractivity contribution in [1.82, 2.24) is 0 Å². The Balaban J connectivity index is 0.855. The minimum Gasteiger partial charge on any atom is -0.0622 e. The van der Waals surface area contributed by atoms with Crippen LogP contribution in [0.2, 0.25) is 0 Å². The first-order valence-electron chi connectivity index (χ1n) is 26.5. The molecule has 0 atom stereocenters. The average molecular weight is 947 g/mol. The van der Waals surface area contributed by atoms with Gasteiger partial charge in [-0.15, -0.1) is 0 Å². The van der Waals surface area contributed by atoms with Crippen molar-refractivity contribution in [2.45, 2.75) is 66.2 Å².